The second-order valence-corrected chi connectivity index (χ2v) is 28.9. The van der Waals surface area contributed by atoms with Gasteiger partial charge in [0, 0.05) is 6.61 Å². The molecule has 2 aromatic carbocycles. The zero-order valence-corrected chi connectivity index (χ0v) is 51.9. The lowest BCUT2D eigenvalue weighted by atomic mass is 9.72. The van der Waals surface area contributed by atoms with E-state index in [4.69, 9.17) is 4.74 Å². The zero-order chi connectivity index (χ0) is 55.1. The third-order valence-electron chi connectivity index (χ3n) is 13.8. The largest absolute Gasteiger partial charge is 0.376 e. The van der Waals surface area contributed by atoms with Gasteiger partial charge >= 0.3 is 0 Å². The minimum Gasteiger partial charge on any atom is -0.376 e. The first-order chi connectivity index (χ1) is 30.3. The van der Waals surface area contributed by atoms with Crippen LogP contribution in [-0.4, -0.2) is 48.3 Å². The van der Waals surface area contributed by atoms with Crippen molar-refractivity contribution in [1.29, 1.82) is 0 Å². The number of rotatable bonds is 17. The summed E-state index contributed by atoms with van der Waals surface area (Å²) in [5.74, 6) is 4.42. The van der Waals surface area contributed by atoms with Crippen LogP contribution < -0.4 is 0 Å². The first-order valence-electron chi connectivity index (χ1n) is 25.7. The first kappa shape index (κ1) is 72.8. The van der Waals surface area contributed by atoms with E-state index in [1.807, 2.05) is 13.8 Å². The Bertz CT molecular complexity index is 1710. The molecule has 0 fully saturated rings. The lowest BCUT2D eigenvalue weighted by Crippen LogP contribution is -2.26. The summed E-state index contributed by atoms with van der Waals surface area (Å²) in [5, 5.41) is -1.16. The highest BCUT2D eigenvalue weighted by Gasteiger charge is 2.29. The molecule has 0 heterocycles. The van der Waals surface area contributed by atoms with E-state index in [2.05, 4.69) is 237 Å². The van der Waals surface area contributed by atoms with Crippen LogP contribution in [0.25, 0.3) is 0 Å². The molecular formula is C59H114O7S2. The maximum Gasteiger partial charge on any atom is 0.284 e. The van der Waals surface area contributed by atoms with Crippen molar-refractivity contribution in [3.8, 4) is 0 Å². The second-order valence-electron chi connectivity index (χ2n) is 25.1. The molecule has 0 bridgehead atoms. The SMILES string of the molecule is CC.CC(C)(C)CCOC(C)(C)C.CC(C)C(C)(C)Cc1ccc(C(C)(C)C(C)C)cc1.CC(C)C(C)(C)c1ccc(C(C)(C)C(C)C)cc1.CC(C)CC(C)C.COS(=O)(=O)CS(=O)(=O)OC. The summed E-state index contributed by atoms with van der Waals surface area (Å²) in [6, 6.07) is 18.6. The van der Waals surface area contributed by atoms with Crippen molar-refractivity contribution in [2.75, 3.05) is 25.9 Å². The van der Waals surface area contributed by atoms with E-state index in [0.717, 1.165) is 45.5 Å². The van der Waals surface area contributed by atoms with Gasteiger partial charge in [0.25, 0.3) is 20.2 Å². The zero-order valence-electron chi connectivity index (χ0n) is 50.3. The molecule has 2 aromatic rings. The van der Waals surface area contributed by atoms with Gasteiger partial charge in [-0.3, -0.25) is 8.37 Å². The minimum atomic E-state index is -4.00. The van der Waals surface area contributed by atoms with Gasteiger partial charge in [0.2, 0.25) is 5.08 Å². The van der Waals surface area contributed by atoms with E-state index in [-0.39, 0.29) is 21.8 Å². The molecule has 7 nitrogen and oxygen atoms in total. The fourth-order valence-electron chi connectivity index (χ4n) is 5.99. The average molecular weight is 1000 g/mol. The van der Waals surface area contributed by atoms with Crippen LogP contribution >= 0.6 is 0 Å². The van der Waals surface area contributed by atoms with Crippen LogP contribution in [0, 0.1) is 46.3 Å². The molecular weight excluding hydrogens is 885 g/mol. The fraction of sp³-hybridized carbons (Fsp3) is 0.797. The number of benzene rings is 2. The smallest absolute Gasteiger partial charge is 0.284 e. The summed E-state index contributed by atoms with van der Waals surface area (Å²) in [5.41, 5.74) is 7.34. The van der Waals surface area contributed by atoms with Crippen LogP contribution in [0.15, 0.2) is 48.5 Å². The van der Waals surface area contributed by atoms with Crippen molar-refractivity contribution in [2.45, 2.75) is 235 Å². The van der Waals surface area contributed by atoms with Crippen molar-refractivity contribution >= 4 is 20.2 Å². The molecule has 68 heavy (non-hydrogen) atoms. The maximum atomic E-state index is 10.5. The summed E-state index contributed by atoms with van der Waals surface area (Å²) >= 11 is 0. The van der Waals surface area contributed by atoms with Gasteiger partial charge in [-0.15, -0.1) is 0 Å². The molecule has 9 heteroatoms. The van der Waals surface area contributed by atoms with Crippen molar-refractivity contribution in [2.24, 2.45) is 46.3 Å². The molecule has 0 aliphatic rings. The molecule has 2 rings (SSSR count). The Labute approximate surface area is 426 Å². The molecule has 0 spiro atoms. The van der Waals surface area contributed by atoms with E-state index in [0.29, 0.717) is 34.5 Å². The quantitative estimate of drug-likeness (QED) is 0.146. The highest BCUT2D eigenvalue weighted by Crippen LogP contribution is 2.36. The summed E-state index contributed by atoms with van der Waals surface area (Å²) in [6.07, 6.45) is 3.65. The third-order valence-corrected chi connectivity index (χ3v) is 17.1. The monoisotopic (exact) mass is 999 g/mol. The first-order valence-corrected chi connectivity index (χ1v) is 28.9. The Morgan fingerprint density at radius 1 is 0.456 bits per heavy atom. The van der Waals surface area contributed by atoms with Crippen molar-refractivity contribution in [3.05, 3.63) is 70.8 Å². The minimum absolute atomic E-state index is 0.0191. The number of hydrogen-bond acceptors (Lipinski definition) is 7. The van der Waals surface area contributed by atoms with Crippen LogP contribution in [0.2, 0.25) is 0 Å². The molecule has 404 valence electrons. The number of ether oxygens (including phenoxy) is 1. The summed E-state index contributed by atoms with van der Waals surface area (Å²) < 4.78 is 55.4. The highest BCUT2D eigenvalue weighted by atomic mass is 32.3. The Balaban J connectivity index is -0.000000388. The van der Waals surface area contributed by atoms with Gasteiger partial charge in [0.05, 0.1) is 19.8 Å². The molecule has 0 amide bonds. The topological polar surface area (TPSA) is 96.0 Å². The Kier molecular flexibility index (Phi) is 33.8. The molecule has 0 saturated heterocycles. The van der Waals surface area contributed by atoms with Gasteiger partial charge in [0.15, 0.2) is 0 Å². The molecule has 0 atom stereocenters. The van der Waals surface area contributed by atoms with E-state index < -0.39 is 25.3 Å². The van der Waals surface area contributed by atoms with Gasteiger partial charge in [-0.1, -0.05) is 222 Å². The van der Waals surface area contributed by atoms with Crippen molar-refractivity contribution in [1.82, 2.24) is 0 Å². The summed E-state index contributed by atoms with van der Waals surface area (Å²) in [7, 11) is -6.25. The van der Waals surface area contributed by atoms with Crippen LogP contribution in [-0.2, 0) is 56.0 Å². The number of hydrogen-bond donors (Lipinski definition) is 0. The Morgan fingerprint density at radius 2 is 0.735 bits per heavy atom. The molecule has 0 N–H and O–H groups in total. The van der Waals surface area contributed by atoms with Gasteiger partial charge in [-0.2, -0.15) is 16.8 Å². The van der Waals surface area contributed by atoms with Crippen molar-refractivity contribution < 1.29 is 29.9 Å². The predicted molar refractivity (Wildman–Crippen MR) is 301 cm³/mol. The highest BCUT2D eigenvalue weighted by molar-refractivity contribution is 8.03. The Hall–Kier alpha value is -1.78. The standard InChI is InChI=1S/C19H32.C18H30.C10H22O.C7H16.C3H8O6S2.C2H6/c1-14(2)18(5,6)13-16-9-11-17(12-10-16)19(7,8)15(3)4;1-13(2)17(5,6)15-9-11-16(12-10-15)18(7,8)14(3)4;1-9(2,3)7-8-11-10(4,5)6;1-6(2)5-7(3)4;1-8-10(4,5)3-11(6,7)9-2;1-2/h9-12,14-15H,13H2,1-8H3;9-14H,1-8H3;7-8H2,1-6H3;6-7H,5H2,1-4H3;3H2,1-2H3;1-2H3. The van der Waals surface area contributed by atoms with Crippen LogP contribution in [0.4, 0.5) is 0 Å². The lowest BCUT2D eigenvalue weighted by molar-refractivity contribution is -0.0139. The summed E-state index contributed by atoms with van der Waals surface area (Å²) in [6.45, 7) is 64.1. The predicted octanol–water partition coefficient (Wildman–Crippen LogP) is 17.2. The molecule has 0 unspecified atom stereocenters. The Morgan fingerprint density at radius 3 is 0.926 bits per heavy atom. The normalized spacial score (nSPS) is 12.9. The molecule has 0 saturated carbocycles. The average Bonchev–Trinajstić information content (AvgIpc) is 3.17. The summed E-state index contributed by atoms with van der Waals surface area (Å²) in [4.78, 5) is 0. The molecule has 0 radical (unpaired) electrons. The van der Waals surface area contributed by atoms with E-state index in [1.54, 1.807) is 0 Å². The maximum absolute atomic E-state index is 10.5. The van der Waals surface area contributed by atoms with E-state index in [1.165, 1.54) is 28.7 Å². The van der Waals surface area contributed by atoms with Crippen molar-refractivity contribution in [3.63, 3.8) is 0 Å². The lowest BCUT2D eigenvalue weighted by Gasteiger charge is -2.33. The van der Waals surface area contributed by atoms with Crippen LogP contribution in [0.5, 0.6) is 0 Å². The molecule has 0 aromatic heterocycles. The second kappa shape index (κ2) is 31.6. The van der Waals surface area contributed by atoms with E-state index in [9.17, 15) is 16.8 Å². The van der Waals surface area contributed by atoms with Gasteiger partial charge in [-0.25, -0.2) is 0 Å². The van der Waals surface area contributed by atoms with Gasteiger partial charge in [0.1, 0.15) is 0 Å². The van der Waals surface area contributed by atoms with E-state index >= 15 is 0 Å². The van der Waals surface area contributed by atoms with Gasteiger partial charge < -0.3 is 4.74 Å². The molecule has 0 aliphatic heterocycles. The third kappa shape index (κ3) is 32.2. The molecule has 0 aliphatic carbocycles. The van der Waals surface area contributed by atoms with Gasteiger partial charge in [-0.05, 0) is 125 Å². The van der Waals surface area contributed by atoms with Crippen LogP contribution in [0.1, 0.15) is 229 Å². The fourth-order valence-corrected chi connectivity index (χ4v) is 8.17. The van der Waals surface area contributed by atoms with Crippen LogP contribution in [0.3, 0.4) is 0 Å².